The molecule has 1 aliphatic rings. The Kier molecular flexibility index (Phi) is 4.03. The number of nitrogens with two attached hydrogens (primary N) is 2. The van der Waals surface area contributed by atoms with E-state index in [0.29, 0.717) is 17.9 Å². The van der Waals surface area contributed by atoms with Crippen molar-refractivity contribution in [2.75, 3.05) is 12.8 Å². The number of aromatic nitrogens is 2. The fourth-order valence-corrected chi connectivity index (χ4v) is 3.12. The van der Waals surface area contributed by atoms with E-state index >= 15 is 0 Å². The average Bonchev–Trinajstić information content (AvgIpc) is 2.48. The van der Waals surface area contributed by atoms with E-state index in [4.69, 9.17) is 11.5 Å². The Balaban J connectivity index is 1.75. The van der Waals surface area contributed by atoms with Gasteiger partial charge in [0.05, 0.1) is 12.1 Å². The van der Waals surface area contributed by atoms with E-state index in [-0.39, 0.29) is 0 Å². The Bertz CT molecular complexity index is 619. The van der Waals surface area contributed by atoms with Gasteiger partial charge in [0.1, 0.15) is 11.6 Å². The third-order valence-electron chi connectivity index (χ3n) is 4.43. The lowest BCUT2D eigenvalue weighted by Crippen LogP contribution is -2.38. The summed E-state index contributed by atoms with van der Waals surface area (Å²) in [4.78, 5) is 11.4. The largest absolute Gasteiger partial charge is 0.383 e. The summed E-state index contributed by atoms with van der Waals surface area (Å²) in [6.45, 7) is 0.731. The van der Waals surface area contributed by atoms with Crippen molar-refractivity contribution in [2.45, 2.75) is 44.3 Å². The Morgan fingerprint density at radius 1 is 1.14 bits per heavy atom. The maximum absolute atomic E-state index is 6.04. The number of para-hydroxylation sites is 1. The van der Waals surface area contributed by atoms with Gasteiger partial charge in [0.15, 0.2) is 0 Å². The summed E-state index contributed by atoms with van der Waals surface area (Å²) >= 11 is 0. The van der Waals surface area contributed by atoms with Gasteiger partial charge in [-0.05, 0) is 44.9 Å². The lowest BCUT2D eigenvalue weighted by atomic mass is 9.91. The first-order valence-electron chi connectivity index (χ1n) is 7.60. The quantitative estimate of drug-likeness (QED) is 0.900. The minimum Gasteiger partial charge on any atom is -0.383 e. The van der Waals surface area contributed by atoms with E-state index in [2.05, 4.69) is 21.9 Å². The molecule has 1 aliphatic carbocycles. The molecule has 0 saturated heterocycles. The molecule has 0 radical (unpaired) electrons. The number of nitrogen functional groups attached to an aromatic ring is 1. The number of hydrogen-bond donors (Lipinski definition) is 2. The Morgan fingerprint density at radius 3 is 2.62 bits per heavy atom. The maximum Gasteiger partial charge on any atom is 0.145 e. The van der Waals surface area contributed by atoms with Gasteiger partial charge in [-0.2, -0.15) is 0 Å². The summed E-state index contributed by atoms with van der Waals surface area (Å²) in [7, 11) is 2.14. The van der Waals surface area contributed by atoms with Crippen molar-refractivity contribution < 1.29 is 0 Å². The molecule has 1 fully saturated rings. The highest BCUT2D eigenvalue weighted by molar-refractivity contribution is 5.87. The topological polar surface area (TPSA) is 81.1 Å². The molecule has 1 saturated carbocycles. The van der Waals surface area contributed by atoms with Crippen LogP contribution in [0.15, 0.2) is 24.3 Å². The van der Waals surface area contributed by atoms with Gasteiger partial charge < -0.3 is 11.5 Å². The molecule has 3 rings (SSSR count). The number of nitrogens with zero attached hydrogens (tertiary/aromatic N) is 3. The summed E-state index contributed by atoms with van der Waals surface area (Å²) in [6.07, 6.45) is 4.52. The van der Waals surface area contributed by atoms with Crippen LogP contribution in [0.2, 0.25) is 0 Å². The molecule has 2 aromatic rings. The maximum atomic E-state index is 6.04. The molecular weight excluding hydrogens is 262 g/mol. The lowest BCUT2D eigenvalue weighted by molar-refractivity contribution is 0.173. The molecule has 5 heteroatoms. The number of hydrogen-bond acceptors (Lipinski definition) is 5. The van der Waals surface area contributed by atoms with Crippen LogP contribution in [0.4, 0.5) is 5.82 Å². The molecule has 5 nitrogen and oxygen atoms in total. The van der Waals surface area contributed by atoms with E-state index < -0.39 is 0 Å². The first kappa shape index (κ1) is 14.2. The van der Waals surface area contributed by atoms with Crippen molar-refractivity contribution in [3.05, 3.63) is 30.1 Å². The zero-order valence-corrected chi connectivity index (χ0v) is 12.5. The van der Waals surface area contributed by atoms with Crippen LogP contribution in [-0.2, 0) is 6.54 Å². The molecule has 112 valence electrons. The zero-order chi connectivity index (χ0) is 14.8. The summed E-state index contributed by atoms with van der Waals surface area (Å²) in [5.41, 5.74) is 12.9. The molecule has 21 heavy (non-hydrogen) atoms. The Hall–Kier alpha value is -1.72. The zero-order valence-electron chi connectivity index (χ0n) is 12.5. The summed E-state index contributed by atoms with van der Waals surface area (Å²) in [5.74, 6) is 1.36. The van der Waals surface area contributed by atoms with Gasteiger partial charge in [0.25, 0.3) is 0 Å². The van der Waals surface area contributed by atoms with E-state index in [1.807, 2.05) is 24.3 Å². The van der Waals surface area contributed by atoms with Gasteiger partial charge in [0.2, 0.25) is 0 Å². The number of fused-ring (bicyclic) bond motifs is 1. The first-order valence-corrected chi connectivity index (χ1v) is 7.60. The SMILES string of the molecule is CN(Cc1nc(N)c2ccccc2n1)C1CCC(N)CC1. The van der Waals surface area contributed by atoms with Gasteiger partial charge in [-0.15, -0.1) is 0 Å². The van der Waals surface area contributed by atoms with Crippen LogP contribution in [-0.4, -0.2) is 34.0 Å². The molecule has 0 amide bonds. The molecule has 4 N–H and O–H groups in total. The normalized spacial score (nSPS) is 22.8. The Morgan fingerprint density at radius 2 is 1.86 bits per heavy atom. The van der Waals surface area contributed by atoms with Crippen molar-refractivity contribution in [3.8, 4) is 0 Å². The lowest BCUT2D eigenvalue weighted by Gasteiger charge is -2.33. The van der Waals surface area contributed by atoms with Crippen LogP contribution in [0, 0.1) is 0 Å². The van der Waals surface area contributed by atoms with E-state index in [1.165, 1.54) is 0 Å². The molecule has 1 aromatic carbocycles. The standard InChI is InChI=1S/C16H23N5/c1-21(12-8-6-11(17)7-9-12)10-15-19-14-5-3-2-4-13(14)16(18)20-15/h2-5,11-12H,6-10,17H2,1H3,(H2,18,19,20). The summed E-state index contributed by atoms with van der Waals surface area (Å²) in [6, 6.07) is 8.82. The third-order valence-corrected chi connectivity index (χ3v) is 4.43. The minimum absolute atomic E-state index is 0.377. The molecule has 0 unspecified atom stereocenters. The second-order valence-electron chi connectivity index (χ2n) is 6.03. The highest BCUT2D eigenvalue weighted by Crippen LogP contribution is 2.23. The van der Waals surface area contributed by atoms with Crippen LogP contribution in [0.25, 0.3) is 10.9 Å². The van der Waals surface area contributed by atoms with Crippen LogP contribution in [0.1, 0.15) is 31.5 Å². The molecule has 1 aromatic heterocycles. The van der Waals surface area contributed by atoms with Crippen LogP contribution >= 0.6 is 0 Å². The van der Waals surface area contributed by atoms with Gasteiger partial charge in [-0.1, -0.05) is 12.1 Å². The minimum atomic E-state index is 0.377. The predicted molar refractivity (Wildman–Crippen MR) is 85.6 cm³/mol. The van der Waals surface area contributed by atoms with Gasteiger partial charge in [0, 0.05) is 17.5 Å². The second-order valence-corrected chi connectivity index (χ2v) is 6.03. The van der Waals surface area contributed by atoms with E-state index in [1.54, 1.807) is 0 Å². The fraction of sp³-hybridized carbons (Fsp3) is 0.500. The predicted octanol–water partition coefficient (Wildman–Crippen LogP) is 1.91. The van der Waals surface area contributed by atoms with E-state index in [9.17, 15) is 0 Å². The van der Waals surface area contributed by atoms with Crippen LogP contribution < -0.4 is 11.5 Å². The van der Waals surface area contributed by atoms with Gasteiger partial charge >= 0.3 is 0 Å². The van der Waals surface area contributed by atoms with Gasteiger partial charge in [-0.25, -0.2) is 9.97 Å². The van der Waals surface area contributed by atoms with Gasteiger partial charge in [-0.3, -0.25) is 4.90 Å². The third kappa shape index (κ3) is 3.14. The monoisotopic (exact) mass is 285 g/mol. The molecule has 1 heterocycles. The molecule has 0 bridgehead atoms. The van der Waals surface area contributed by atoms with Crippen molar-refractivity contribution in [2.24, 2.45) is 5.73 Å². The Labute approximate surface area is 125 Å². The molecular formula is C16H23N5. The first-order chi connectivity index (χ1) is 10.1. The fourth-order valence-electron chi connectivity index (χ4n) is 3.12. The second kappa shape index (κ2) is 5.95. The number of benzene rings is 1. The molecule has 0 atom stereocenters. The van der Waals surface area contributed by atoms with Crippen molar-refractivity contribution in [3.63, 3.8) is 0 Å². The summed E-state index contributed by atoms with van der Waals surface area (Å²) in [5, 5.41) is 0.924. The highest BCUT2D eigenvalue weighted by Gasteiger charge is 2.22. The van der Waals surface area contributed by atoms with Crippen molar-refractivity contribution in [1.29, 1.82) is 0 Å². The summed E-state index contributed by atoms with van der Waals surface area (Å²) < 4.78 is 0. The van der Waals surface area contributed by atoms with Crippen molar-refractivity contribution >= 4 is 16.7 Å². The average molecular weight is 285 g/mol. The van der Waals surface area contributed by atoms with Crippen LogP contribution in [0.3, 0.4) is 0 Å². The molecule has 0 spiro atoms. The number of rotatable bonds is 3. The highest BCUT2D eigenvalue weighted by atomic mass is 15.2. The van der Waals surface area contributed by atoms with Crippen LogP contribution in [0.5, 0.6) is 0 Å². The number of anilines is 1. The van der Waals surface area contributed by atoms with Crippen molar-refractivity contribution in [1.82, 2.24) is 14.9 Å². The smallest absolute Gasteiger partial charge is 0.145 e. The molecule has 0 aliphatic heterocycles. The van der Waals surface area contributed by atoms with E-state index in [0.717, 1.165) is 49.0 Å².